The molecule has 186 valence electrons. The van der Waals surface area contributed by atoms with Crippen molar-refractivity contribution < 1.29 is 22.7 Å². The highest BCUT2D eigenvalue weighted by Gasteiger charge is 2.31. The molecule has 0 spiro atoms. The van der Waals surface area contributed by atoms with Gasteiger partial charge in [0.2, 0.25) is 0 Å². The minimum Gasteiger partial charge on any atom is -0.406 e. The number of H-pyrrole nitrogens is 1. The van der Waals surface area contributed by atoms with E-state index in [1.165, 1.54) is 12.1 Å². The summed E-state index contributed by atoms with van der Waals surface area (Å²) in [7, 11) is 0. The van der Waals surface area contributed by atoms with E-state index in [9.17, 15) is 18.0 Å². The second-order valence-electron chi connectivity index (χ2n) is 9.47. The molecule has 10 heteroatoms. The van der Waals surface area contributed by atoms with E-state index in [0.29, 0.717) is 24.6 Å². The number of nitrogens with zero attached hydrogens (tertiary/aromatic N) is 3. The van der Waals surface area contributed by atoms with Gasteiger partial charge in [-0.25, -0.2) is 9.97 Å². The number of alkyl halides is 3. The van der Waals surface area contributed by atoms with Gasteiger partial charge < -0.3 is 20.4 Å². The average Bonchev–Trinajstić information content (AvgIpc) is 3.28. The van der Waals surface area contributed by atoms with Crippen LogP contribution in [0.2, 0.25) is 0 Å². The van der Waals surface area contributed by atoms with E-state index in [1.54, 1.807) is 11.1 Å². The first-order valence-corrected chi connectivity index (χ1v) is 12.0. The molecular weight excluding hydrogens is 459 g/mol. The third kappa shape index (κ3) is 5.27. The highest BCUT2D eigenvalue weighted by Crippen LogP contribution is 2.35. The van der Waals surface area contributed by atoms with Crippen LogP contribution in [0.1, 0.15) is 72.1 Å². The quantitative estimate of drug-likeness (QED) is 0.548. The van der Waals surface area contributed by atoms with Gasteiger partial charge in [0.15, 0.2) is 5.65 Å². The lowest BCUT2D eigenvalue weighted by Gasteiger charge is -2.32. The monoisotopic (exact) mass is 487 g/mol. The first kappa shape index (κ1) is 23.6. The number of benzene rings is 1. The Kier molecular flexibility index (Phi) is 6.39. The maximum atomic E-state index is 12.9. The predicted molar refractivity (Wildman–Crippen MR) is 124 cm³/mol. The van der Waals surface area contributed by atoms with Gasteiger partial charge in [0.05, 0.1) is 0 Å². The van der Waals surface area contributed by atoms with Crippen molar-refractivity contribution in [1.82, 2.24) is 19.9 Å². The minimum atomic E-state index is -4.76. The van der Waals surface area contributed by atoms with E-state index in [4.69, 9.17) is 10.7 Å². The SMILES string of the molecule is N[C@H]1CC[C@@H](c2nc3c(C4CCN(C(=O)c5ccc(OC(F)(F)F)cc5)CC4)ccnc3[nH]2)CC1. The number of halogens is 3. The summed E-state index contributed by atoms with van der Waals surface area (Å²) < 4.78 is 41.0. The van der Waals surface area contributed by atoms with Crippen molar-refractivity contribution in [2.45, 2.75) is 62.8 Å². The normalized spacial score (nSPS) is 21.9. The van der Waals surface area contributed by atoms with Crippen LogP contribution in [-0.4, -0.2) is 51.3 Å². The lowest BCUT2D eigenvalue weighted by atomic mass is 9.86. The van der Waals surface area contributed by atoms with Crippen LogP contribution in [0.4, 0.5) is 13.2 Å². The molecule has 1 saturated carbocycles. The molecule has 1 saturated heterocycles. The van der Waals surface area contributed by atoms with Gasteiger partial charge in [0, 0.05) is 36.8 Å². The molecule has 3 aromatic rings. The molecule has 1 amide bonds. The van der Waals surface area contributed by atoms with E-state index >= 15 is 0 Å². The highest BCUT2D eigenvalue weighted by molar-refractivity contribution is 5.94. The van der Waals surface area contributed by atoms with E-state index in [1.807, 2.05) is 6.07 Å². The molecule has 0 radical (unpaired) electrons. The maximum absolute atomic E-state index is 12.9. The number of pyridine rings is 1. The molecule has 3 heterocycles. The number of piperidine rings is 1. The molecule has 1 aliphatic carbocycles. The fraction of sp³-hybridized carbons (Fsp3) is 0.480. The third-order valence-corrected chi connectivity index (χ3v) is 7.15. The summed E-state index contributed by atoms with van der Waals surface area (Å²) in [5, 5.41) is 0. The molecule has 35 heavy (non-hydrogen) atoms. The van der Waals surface area contributed by atoms with E-state index in [2.05, 4.69) is 14.7 Å². The number of aromatic nitrogens is 3. The number of nitrogens with two attached hydrogens (primary N) is 1. The number of amides is 1. The van der Waals surface area contributed by atoms with Gasteiger partial charge in [-0.1, -0.05) is 0 Å². The Morgan fingerprint density at radius 1 is 1.00 bits per heavy atom. The first-order valence-electron chi connectivity index (χ1n) is 12.0. The van der Waals surface area contributed by atoms with Crippen LogP contribution in [-0.2, 0) is 0 Å². The zero-order chi connectivity index (χ0) is 24.6. The summed E-state index contributed by atoms with van der Waals surface area (Å²) in [6.07, 6.45) is 2.67. The van der Waals surface area contributed by atoms with Crippen LogP contribution < -0.4 is 10.5 Å². The number of fused-ring (bicyclic) bond motifs is 1. The summed E-state index contributed by atoms with van der Waals surface area (Å²) in [6.45, 7) is 1.12. The molecule has 0 unspecified atom stereocenters. The zero-order valence-electron chi connectivity index (χ0n) is 19.2. The van der Waals surface area contributed by atoms with Crippen molar-refractivity contribution in [3.8, 4) is 5.75 Å². The van der Waals surface area contributed by atoms with Crippen molar-refractivity contribution in [2.75, 3.05) is 13.1 Å². The fourth-order valence-corrected chi connectivity index (χ4v) is 5.24. The Balaban J connectivity index is 1.24. The first-order chi connectivity index (χ1) is 16.8. The molecule has 2 fully saturated rings. The number of aromatic amines is 1. The van der Waals surface area contributed by atoms with Crippen LogP contribution in [0.15, 0.2) is 36.5 Å². The molecule has 7 nitrogen and oxygen atoms in total. The molecule has 2 aliphatic rings. The fourth-order valence-electron chi connectivity index (χ4n) is 5.24. The summed E-state index contributed by atoms with van der Waals surface area (Å²) in [4.78, 5) is 27.5. The highest BCUT2D eigenvalue weighted by atomic mass is 19.4. The van der Waals surface area contributed by atoms with Crippen molar-refractivity contribution in [3.05, 3.63) is 53.5 Å². The topological polar surface area (TPSA) is 97.1 Å². The molecule has 0 bridgehead atoms. The standard InChI is InChI=1S/C25H28F3N5O2/c26-25(27,28)35-19-7-3-17(4-8-19)24(34)33-13-10-15(11-14-33)20-9-12-30-23-21(20)31-22(32-23)16-1-5-18(29)6-2-16/h3-4,7-9,12,15-16,18H,1-2,5-6,10-11,13-14,29H2,(H,30,31,32)/t16-,18+. The van der Waals surface area contributed by atoms with Gasteiger partial charge in [-0.3, -0.25) is 4.79 Å². The van der Waals surface area contributed by atoms with Gasteiger partial charge >= 0.3 is 6.36 Å². The Morgan fingerprint density at radius 2 is 1.69 bits per heavy atom. The summed E-state index contributed by atoms with van der Waals surface area (Å²) >= 11 is 0. The Labute approximate surface area is 200 Å². The van der Waals surface area contributed by atoms with Crippen LogP contribution in [0.5, 0.6) is 5.75 Å². The van der Waals surface area contributed by atoms with E-state index in [0.717, 1.165) is 73.2 Å². The van der Waals surface area contributed by atoms with Crippen LogP contribution >= 0.6 is 0 Å². The molecule has 5 rings (SSSR count). The number of rotatable bonds is 4. The molecule has 1 aliphatic heterocycles. The van der Waals surface area contributed by atoms with Crippen molar-refractivity contribution >= 4 is 17.1 Å². The van der Waals surface area contributed by atoms with Gasteiger partial charge in [-0.05, 0) is 80.3 Å². The largest absolute Gasteiger partial charge is 0.573 e. The van der Waals surface area contributed by atoms with Crippen LogP contribution in [0.25, 0.3) is 11.2 Å². The summed E-state index contributed by atoms with van der Waals surface area (Å²) in [5.41, 5.74) is 9.24. The predicted octanol–water partition coefficient (Wildman–Crippen LogP) is 4.86. The molecule has 3 N–H and O–H groups in total. The van der Waals surface area contributed by atoms with Crippen molar-refractivity contribution in [3.63, 3.8) is 0 Å². The smallest absolute Gasteiger partial charge is 0.406 e. The number of hydrogen-bond donors (Lipinski definition) is 2. The number of imidazole rings is 1. The summed E-state index contributed by atoms with van der Waals surface area (Å²) in [5.74, 6) is 1.08. The Bertz CT molecular complexity index is 1180. The van der Waals surface area contributed by atoms with Gasteiger partial charge in [0.1, 0.15) is 17.1 Å². The number of ether oxygens (including phenoxy) is 1. The zero-order valence-corrected chi connectivity index (χ0v) is 19.2. The number of likely N-dealkylation sites (tertiary alicyclic amines) is 1. The second kappa shape index (κ2) is 9.49. The van der Waals surface area contributed by atoms with Crippen LogP contribution in [0, 0.1) is 0 Å². The van der Waals surface area contributed by atoms with Gasteiger partial charge in [-0.15, -0.1) is 13.2 Å². The van der Waals surface area contributed by atoms with Crippen molar-refractivity contribution in [2.24, 2.45) is 5.73 Å². The lowest BCUT2D eigenvalue weighted by molar-refractivity contribution is -0.274. The molecule has 0 atom stereocenters. The molecule has 2 aromatic heterocycles. The average molecular weight is 488 g/mol. The number of hydrogen-bond acceptors (Lipinski definition) is 5. The third-order valence-electron chi connectivity index (χ3n) is 7.15. The summed E-state index contributed by atoms with van der Waals surface area (Å²) in [6, 6.07) is 7.36. The number of carbonyl (C=O) groups is 1. The van der Waals surface area contributed by atoms with Gasteiger partial charge in [0.25, 0.3) is 5.91 Å². The van der Waals surface area contributed by atoms with Crippen molar-refractivity contribution in [1.29, 1.82) is 0 Å². The van der Waals surface area contributed by atoms with Crippen LogP contribution in [0.3, 0.4) is 0 Å². The Hall–Kier alpha value is -3.14. The number of nitrogens with one attached hydrogen (secondary N) is 1. The maximum Gasteiger partial charge on any atom is 0.573 e. The Morgan fingerprint density at radius 3 is 2.34 bits per heavy atom. The number of carbonyl (C=O) groups excluding carboxylic acids is 1. The lowest BCUT2D eigenvalue weighted by Crippen LogP contribution is -2.38. The minimum absolute atomic E-state index is 0.195. The van der Waals surface area contributed by atoms with Gasteiger partial charge in [-0.2, -0.15) is 0 Å². The molecule has 1 aromatic carbocycles. The van der Waals surface area contributed by atoms with E-state index < -0.39 is 6.36 Å². The van der Waals surface area contributed by atoms with E-state index in [-0.39, 0.29) is 23.6 Å². The second-order valence-corrected chi connectivity index (χ2v) is 9.47. The molecular formula is C25H28F3N5O2.